The highest BCUT2D eigenvalue weighted by atomic mass is 32.1. The van der Waals surface area contributed by atoms with E-state index >= 15 is 0 Å². The fraction of sp³-hybridized carbons (Fsp3) is 0.562. The number of hydrogen-bond donors (Lipinski definition) is 2. The fourth-order valence-electron chi connectivity index (χ4n) is 2.70. The van der Waals surface area contributed by atoms with Gasteiger partial charge in [-0.1, -0.05) is 13.8 Å². The Kier molecular flexibility index (Phi) is 4.98. The minimum atomic E-state index is -0.985. The molecule has 1 amide bonds. The van der Waals surface area contributed by atoms with Crippen molar-refractivity contribution in [2.75, 3.05) is 13.2 Å². The molecule has 0 radical (unpaired) electrons. The number of rotatable bonds is 4. The van der Waals surface area contributed by atoms with E-state index in [-0.39, 0.29) is 12.5 Å². The Labute approximate surface area is 144 Å². The van der Waals surface area contributed by atoms with Crippen LogP contribution in [0.3, 0.4) is 0 Å². The Morgan fingerprint density at radius 3 is 2.83 bits per heavy atom. The van der Waals surface area contributed by atoms with Crippen LogP contribution in [-0.2, 0) is 13.1 Å². The van der Waals surface area contributed by atoms with Crippen molar-refractivity contribution in [2.45, 2.75) is 45.4 Å². The molecule has 1 aliphatic heterocycles. The van der Waals surface area contributed by atoms with Gasteiger partial charge in [-0.05, 0) is 18.4 Å². The summed E-state index contributed by atoms with van der Waals surface area (Å²) >= 11 is 1.38. The van der Waals surface area contributed by atoms with Crippen molar-refractivity contribution >= 4 is 17.2 Å². The quantitative estimate of drug-likeness (QED) is 0.873. The molecule has 0 aliphatic carbocycles. The molecule has 0 saturated carbocycles. The summed E-state index contributed by atoms with van der Waals surface area (Å²) in [6.45, 7) is 5.52. The van der Waals surface area contributed by atoms with Crippen LogP contribution in [-0.4, -0.2) is 48.9 Å². The van der Waals surface area contributed by atoms with Gasteiger partial charge in [-0.15, -0.1) is 11.3 Å². The highest BCUT2D eigenvalue weighted by Gasteiger charge is 2.25. The zero-order chi connectivity index (χ0) is 17.3. The Balaban J connectivity index is 1.79. The highest BCUT2D eigenvalue weighted by molar-refractivity contribution is 7.11. The van der Waals surface area contributed by atoms with Crippen LogP contribution in [0.2, 0.25) is 0 Å². The Morgan fingerprint density at radius 2 is 2.17 bits per heavy atom. The summed E-state index contributed by atoms with van der Waals surface area (Å²) in [5.74, 6) is 0.238. The topological polar surface area (TPSA) is 91.5 Å². The number of nitrogens with zero attached hydrogens (tertiary/aromatic N) is 4. The molecule has 3 rings (SSSR count). The van der Waals surface area contributed by atoms with Crippen molar-refractivity contribution in [3.8, 4) is 0 Å². The number of hydrogen-bond acceptors (Lipinski definition) is 6. The van der Waals surface area contributed by atoms with Gasteiger partial charge in [0.2, 0.25) is 0 Å². The largest absolute Gasteiger partial charge is 0.393 e. The Hall–Kier alpha value is -1.77. The van der Waals surface area contributed by atoms with Crippen LogP contribution in [0.1, 0.15) is 59.2 Å². The van der Waals surface area contributed by atoms with E-state index in [1.54, 1.807) is 11.0 Å². The van der Waals surface area contributed by atoms with Crippen LogP contribution in [0.5, 0.6) is 0 Å². The highest BCUT2D eigenvalue weighted by Crippen LogP contribution is 2.22. The van der Waals surface area contributed by atoms with Gasteiger partial charge in [0.1, 0.15) is 6.10 Å². The lowest BCUT2D eigenvalue weighted by Gasteiger charge is -2.18. The maximum absolute atomic E-state index is 12.7. The molecule has 1 atom stereocenters. The van der Waals surface area contributed by atoms with Crippen molar-refractivity contribution in [3.05, 3.63) is 33.5 Å². The summed E-state index contributed by atoms with van der Waals surface area (Å²) in [5.41, 5.74) is 2.25. The van der Waals surface area contributed by atoms with E-state index in [9.17, 15) is 9.90 Å². The summed E-state index contributed by atoms with van der Waals surface area (Å²) in [6, 6.07) is 1.76. The molecule has 7 nitrogen and oxygen atoms in total. The second-order valence-electron chi connectivity index (χ2n) is 6.29. The van der Waals surface area contributed by atoms with Crippen LogP contribution in [0, 0.1) is 0 Å². The number of carbonyl (C=O) groups is 1. The molecule has 8 heteroatoms. The molecular weight excluding hydrogens is 328 g/mol. The molecule has 3 heterocycles. The second-order valence-corrected chi connectivity index (χ2v) is 7.15. The van der Waals surface area contributed by atoms with Gasteiger partial charge in [0, 0.05) is 18.5 Å². The third-order valence-corrected chi connectivity index (χ3v) is 4.98. The smallest absolute Gasteiger partial charge is 0.283 e. The second kappa shape index (κ2) is 7.00. The molecule has 0 bridgehead atoms. The van der Waals surface area contributed by atoms with Crippen molar-refractivity contribution in [1.29, 1.82) is 0 Å². The number of amides is 1. The summed E-state index contributed by atoms with van der Waals surface area (Å²) in [7, 11) is 0. The summed E-state index contributed by atoms with van der Waals surface area (Å²) in [6.07, 6.45) is -0.196. The first-order valence-electron chi connectivity index (χ1n) is 8.09. The van der Waals surface area contributed by atoms with E-state index in [1.165, 1.54) is 11.3 Å². The zero-order valence-electron chi connectivity index (χ0n) is 13.8. The first-order chi connectivity index (χ1) is 11.5. The van der Waals surface area contributed by atoms with E-state index in [1.807, 2.05) is 10.1 Å². The first kappa shape index (κ1) is 17.1. The molecule has 2 aromatic rings. The summed E-state index contributed by atoms with van der Waals surface area (Å²) < 4.78 is 1.81. The average molecular weight is 350 g/mol. The van der Waals surface area contributed by atoms with E-state index in [0.717, 1.165) is 17.8 Å². The number of fused-ring (bicyclic) bond motifs is 1. The number of carbonyl (C=O) groups excluding carboxylic acids is 1. The molecule has 2 aromatic heterocycles. The summed E-state index contributed by atoms with van der Waals surface area (Å²) in [4.78, 5) is 19.0. The minimum absolute atomic E-state index is 0.0641. The fourth-order valence-corrected chi connectivity index (χ4v) is 3.64. The van der Waals surface area contributed by atoms with Gasteiger partial charge in [-0.2, -0.15) is 5.10 Å². The molecule has 0 spiro atoms. The molecule has 0 unspecified atom stereocenters. The predicted octanol–water partition coefficient (Wildman–Crippen LogP) is 1.53. The maximum Gasteiger partial charge on any atom is 0.283 e. The van der Waals surface area contributed by atoms with Crippen molar-refractivity contribution < 1.29 is 15.0 Å². The summed E-state index contributed by atoms with van der Waals surface area (Å²) in [5, 5.41) is 25.6. The van der Waals surface area contributed by atoms with Crippen LogP contribution >= 0.6 is 11.3 Å². The van der Waals surface area contributed by atoms with E-state index in [2.05, 4.69) is 23.9 Å². The lowest BCUT2D eigenvalue weighted by atomic mass is 10.2. The van der Waals surface area contributed by atoms with Gasteiger partial charge in [-0.25, -0.2) is 4.98 Å². The van der Waals surface area contributed by atoms with Crippen molar-refractivity contribution in [3.63, 3.8) is 0 Å². The Bertz CT molecular complexity index is 725. The number of thiazole rings is 1. The van der Waals surface area contributed by atoms with Gasteiger partial charge >= 0.3 is 0 Å². The number of aryl methyl sites for hydroxylation is 1. The molecule has 0 saturated heterocycles. The molecule has 0 aromatic carbocycles. The van der Waals surface area contributed by atoms with E-state index in [0.29, 0.717) is 36.3 Å². The Morgan fingerprint density at radius 1 is 1.38 bits per heavy atom. The molecule has 1 aliphatic rings. The van der Waals surface area contributed by atoms with Crippen LogP contribution in [0.4, 0.5) is 0 Å². The number of aliphatic hydroxyl groups excluding tert-OH is 2. The molecule has 130 valence electrons. The van der Waals surface area contributed by atoms with Crippen LogP contribution in [0.25, 0.3) is 0 Å². The lowest BCUT2D eigenvalue weighted by Crippen LogP contribution is -2.30. The maximum atomic E-state index is 12.7. The van der Waals surface area contributed by atoms with Gasteiger partial charge in [0.25, 0.3) is 5.91 Å². The average Bonchev–Trinajstić information content (AvgIpc) is 3.16. The normalized spacial score (nSPS) is 16.1. The first-order valence-corrected chi connectivity index (χ1v) is 8.97. The van der Waals surface area contributed by atoms with Crippen molar-refractivity contribution in [1.82, 2.24) is 19.7 Å². The van der Waals surface area contributed by atoms with Gasteiger partial charge in [-0.3, -0.25) is 9.48 Å². The van der Waals surface area contributed by atoms with Gasteiger partial charge in [0.05, 0.1) is 30.2 Å². The minimum Gasteiger partial charge on any atom is -0.393 e. The monoisotopic (exact) mass is 350 g/mol. The number of aromatic nitrogens is 3. The number of aliphatic hydroxyl groups is 2. The predicted molar refractivity (Wildman–Crippen MR) is 89.8 cm³/mol. The van der Waals surface area contributed by atoms with Crippen molar-refractivity contribution in [2.24, 2.45) is 0 Å². The zero-order valence-corrected chi connectivity index (χ0v) is 14.7. The standard InChI is InChI=1S/C16H22N4O3S/c1-10(2)13-9-24-15(17-13)16(23)19-4-3-5-20-11(7-19)6-12(18-20)14(22)8-21/h6,9-10,14,21-22H,3-5,7-8H2,1-2H3/t14-/m1/s1. The molecule has 0 fully saturated rings. The third kappa shape index (κ3) is 3.35. The molecular formula is C16H22N4O3S. The SMILES string of the molecule is CC(C)c1csc(C(=O)N2CCCn3nc([C@H](O)CO)cc3C2)n1. The molecule has 24 heavy (non-hydrogen) atoms. The van der Waals surface area contributed by atoms with E-state index in [4.69, 9.17) is 5.11 Å². The third-order valence-electron chi connectivity index (χ3n) is 4.13. The van der Waals surface area contributed by atoms with Crippen LogP contribution in [0.15, 0.2) is 11.4 Å². The molecule has 2 N–H and O–H groups in total. The van der Waals surface area contributed by atoms with Gasteiger partial charge < -0.3 is 15.1 Å². The lowest BCUT2D eigenvalue weighted by molar-refractivity contribution is 0.0744. The van der Waals surface area contributed by atoms with Crippen LogP contribution < -0.4 is 0 Å². The van der Waals surface area contributed by atoms with Gasteiger partial charge in [0.15, 0.2) is 5.01 Å². The van der Waals surface area contributed by atoms with E-state index < -0.39 is 6.10 Å².